The second-order valence-electron chi connectivity index (χ2n) is 4.47. The Morgan fingerprint density at radius 3 is 2.70 bits per heavy atom. The average Bonchev–Trinajstić information content (AvgIpc) is 2.96. The summed E-state index contributed by atoms with van der Waals surface area (Å²) in [6, 6.07) is 9.69. The fourth-order valence-electron chi connectivity index (χ4n) is 1.86. The molecule has 0 saturated heterocycles. The molecule has 4 N–H and O–H groups in total. The SMILES string of the molecule is NC(=S)C(Cc1ccccc1)C(=O)NCc1cn[nH]c1. The molecule has 0 aliphatic carbocycles. The van der Waals surface area contributed by atoms with Crippen molar-refractivity contribution in [2.75, 3.05) is 0 Å². The molecular formula is C14H16N4OS. The number of hydrogen-bond acceptors (Lipinski definition) is 3. The standard InChI is InChI=1S/C14H16N4OS/c15-13(20)12(6-10-4-2-1-3-5-10)14(19)16-7-11-8-17-18-9-11/h1-5,8-9,12H,6-7H2,(H2,15,20)(H,16,19)(H,17,18). The summed E-state index contributed by atoms with van der Waals surface area (Å²) in [5, 5.41) is 9.33. The van der Waals surface area contributed by atoms with Crippen LogP contribution in [0.1, 0.15) is 11.1 Å². The van der Waals surface area contributed by atoms with Crippen LogP contribution in [0.2, 0.25) is 0 Å². The summed E-state index contributed by atoms with van der Waals surface area (Å²) in [4.78, 5) is 12.4. The fraction of sp³-hybridized carbons (Fsp3) is 0.214. The summed E-state index contributed by atoms with van der Waals surface area (Å²) in [5.41, 5.74) is 7.62. The maximum Gasteiger partial charge on any atom is 0.230 e. The predicted octanol–water partition coefficient (Wildman–Crippen LogP) is 1.17. The van der Waals surface area contributed by atoms with Crippen LogP contribution in [0.3, 0.4) is 0 Å². The molecule has 20 heavy (non-hydrogen) atoms. The highest BCUT2D eigenvalue weighted by molar-refractivity contribution is 7.80. The second kappa shape index (κ2) is 6.81. The Morgan fingerprint density at radius 1 is 1.35 bits per heavy atom. The van der Waals surface area contributed by atoms with Crippen LogP contribution in [-0.2, 0) is 17.8 Å². The number of aromatic amines is 1. The Morgan fingerprint density at radius 2 is 2.10 bits per heavy atom. The van der Waals surface area contributed by atoms with E-state index in [1.54, 1.807) is 12.4 Å². The molecule has 0 saturated carbocycles. The molecule has 0 spiro atoms. The number of nitrogens with zero attached hydrogens (tertiary/aromatic N) is 1. The van der Waals surface area contributed by atoms with Gasteiger partial charge in [0.15, 0.2) is 0 Å². The van der Waals surface area contributed by atoms with Crippen molar-refractivity contribution in [1.82, 2.24) is 15.5 Å². The lowest BCUT2D eigenvalue weighted by molar-refractivity contribution is -0.123. The van der Waals surface area contributed by atoms with Crippen LogP contribution in [0.5, 0.6) is 0 Å². The summed E-state index contributed by atoms with van der Waals surface area (Å²) in [6.07, 6.45) is 3.90. The highest BCUT2D eigenvalue weighted by atomic mass is 32.1. The van der Waals surface area contributed by atoms with Gasteiger partial charge in [-0.1, -0.05) is 42.5 Å². The predicted molar refractivity (Wildman–Crippen MR) is 80.9 cm³/mol. The van der Waals surface area contributed by atoms with Gasteiger partial charge in [-0.2, -0.15) is 5.10 Å². The number of carbonyl (C=O) groups is 1. The highest BCUT2D eigenvalue weighted by Crippen LogP contribution is 2.10. The molecule has 2 aromatic rings. The first-order chi connectivity index (χ1) is 9.66. The third-order valence-electron chi connectivity index (χ3n) is 2.96. The number of benzene rings is 1. The maximum atomic E-state index is 12.2. The first-order valence-corrected chi connectivity index (χ1v) is 6.66. The summed E-state index contributed by atoms with van der Waals surface area (Å²) in [6.45, 7) is 0.406. The molecular weight excluding hydrogens is 272 g/mol. The van der Waals surface area contributed by atoms with Crippen molar-refractivity contribution in [1.29, 1.82) is 0 Å². The van der Waals surface area contributed by atoms with E-state index in [1.165, 1.54) is 0 Å². The van der Waals surface area contributed by atoms with Crippen molar-refractivity contribution in [2.24, 2.45) is 11.7 Å². The Bertz CT molecular complexity index is 568. The Labute approximate surface area is 122 Å². The summed E-state index contributed by atoms with van der Waals surface area (Å²) < 4.78 is 0. The number of rotatable bonds is 6. The number of thiocarbonyl (C=S) groups is 1. The second-order valence-corrected chi connectivity index (χ2v) is 4.94. The van der Waals surface area contributed by atoms with E-state index in [2.05, 4.69) is 15.5 Å². The molecule has 1 aromatic carbocycles. The lowest BCUT2D eigenvalue weighted by Gasteiger charge is -2.15. The zero-order valence-electron chi connectivity index (χ0n) is 10.9. The van der Waals surface area contributed by atoms with Crippen molar-refractivity contribution in [3.05, 3.63) is 53.9 Å². The first kappa shape index (κ1) is 14.2. The Balaban J connectivity index is 1.97. The molecule has 1 unspecified atom stereocenters. The smallest absolute Gasteiger partial charge is 0.230 e. The number of H-pyrrole nitrogens is 1. The van der Waals surface area contributed by atoms with Crippen molar-refractivity contribution in [3.63, 3.8) is 0 Å². The van der Waals surface area contributed by atoms with E-state index < -0.39 is 5.92 Å². The number of carbonyl (C=O) groups excluding carboxylic acids is 1. The van der Waals surface area contributed by atoms with Crippen LogP contribution in [0.25, 0.3) is 0 Å². The van der Waals surface area contributed by atoms with Gasteiger partial charge in [-0.15, -0.1) is 0 Å². The topological polar surface area (TPSA) is 83.8 Å². The molecule has 1 heterocycles. The fourth-order valence-corrected chi connectivity index (χ4v) is 2.05. The van der Waals surface area contributed by atoms with Gasteiger partial charge in [0.05, 0.1) is 17.1 Å². The van der Waals surface area contributed by atoms with E-state index in [-0.39, 0.29) is 10.9 Å². The van der Waals surface area contributed by atoms with Gasteiger partial charge in [0.25, 0.3) is 0 Å². The van der Waals surface area contributed by atoms with Gasteiger partial charge in [-0.05, 0) is 12.0 Å². The van der Waals surface area contributed by atoms with E-state index in [1.807, 2.05) is 30.3 Å². The minimum atomic E-state index is -0.501. The number of hydrogen-bond donors (Lipinski definition) is 3. The zero-order valence-corrected chi connectivity index (χ0v) is 11.7. The highest BCUT2D eigenvalue weighted by Gasteiger charge is 2.21. The van der Waals surface area contributed by atoms with Crippen molar-refractivity contribution in [2.45, 2.75) is 13.0 Å². The molecule has 0 radical (unpaired) electrons. The van der Waals surface area contributed by atoms with E-state index in [0.29, 0.717) is 13.0 Å². The maximum absolute atomic E-state index is 12.2. The van der Waals surface area contributed by atoms with E-state index >= 15 is 0 Å². The van der Waals surface area contributed by atoms with Gasteiger partial charge < -0.3 is 11.1 Å². The van der Waals surface area contributed by atoms with Gasteiger partial charge in [0.1, 0.15) is 0 Å². The van der Waals surface area contributed by atoms with Crippen molar-refractivity contribution in [3.8, 4) is 0 Å². The third-order valence-corrected chi connectivity index (χ3v) is 3.25. The molecule has 5 nitrogen and oxygen atoms in total. The summed E-state index contributed by atoms with van der Waals surface area (Å²) >= 11 is 5.01. The third kappa shape index (κ3) is 3.89. The largest absolute Gasteiger partial charge is 0.393 e. The van der Waals surface area contributed by atoms with Crippen LogP contribution >= 0.6 is 12.2 Å². The van der Waals surface area contributed by atoms with Gasteiger partial charge in [0.2, 0.25) is 5.91 Å². The lowest BCUT2D eigenvalue weighted by Crippen LogP contribution is -2.38. The molecule has 6 heteroatoms. The summed E-state index contributed by atoms with van der Waals surface area (Å²) in [5.74, 6) is -0.665. The van der Waals surface area contributed by atoms with Crippen LogP contribution < -0.4 is 11.1 Å². The molecule has 104 valence electrons. The van der Waals surface area contributed by atoms with Crippen LogP contribution in [-0.4, -0.2) is 21.1 Å². The number of nitrogens with two attached hydrogens (primary N) is 1. The molecule has 0 bridgehead atoms. The van der Waals surface area contributed by atoms with Crippen molar-refractivity contribution >= 4 is 23.1 Å². The quantitative estimate of drug-likeness (QED) is 0.697. The minimum Gasteiger partial charge on any atom is -0.393 e. The summed E-state index contributed by atoms with van der Waals surface area (Å²) in [7, 11) is 0. The van der Waals surface area contributed by atoms with E-state index in [4.69, 9.17) is 18.0 Å². The number of nitrogens with one attached hydrogen (secondary N) is 2. The van der Waals surface area contributed by atoms with Gasteiger partial charge >= 0.3 is 0 Å². The lowest BCUT2D eigenvalue weighted by atomic mass is 9.98. The molecule has 1 atom stereocenters. The molecule has 0 aliphatic rings. The first-order valence-electron chi connectivity index (χ1n) is 6.25. The van der Waals surface area contributed by atoms with E-state index in [0.717, 1.165) is 11.1 Å². The molecule has 1 amide bonds. The minimum absolute atomic E-state index is 0.164. The molecule has 2 rings (SSSR count). The normalized spacial score (nSPS) is 11.8. The monoisotopic (exact) mass is 288 g/mol. The van der Waals surface area contributed by atoms with Crippen LogP contribution in [0.15, 0.2) is 42.7 Å². The zero-order chi connectivity index (χ0) is 14.4. The van der Waals surface area contributed by atoms with Crippen LogP contribution in [0, 0.1) is 5.92 Å². The molecule has 1 aromatic heterocycles. The van der Waals surface area contributed by atoms with Gasteiger partial charge in [-0.3, -0.25) is 9.89 Å². The molecule has 0 fully saturated rings. The number of aromatic nitrogens is 2. The Hall–Kier alpha value is -2.21. The van der Waals surface area contributed by atoms with Gasteiger partial charge in [0, 0.05) is 18.3 Å². The van der Waals surface area contributed by atoms with E-state index in [9.17, 15) is 4.79 Å². The van der Waals surface area contributed by atoms with Gasteiger partial charge in [-0.25, -0.2) is 0 Å². The van der Waals surface area contributed by atoms with Crippen LogP contribution in [0.4, 0.5) is 0 Å². The van der Waals surface area contributed by atoms with Crippen molar-refractivity contribution < 1.29 is 4.79 Å². The average molecular weight is 288 g/mol. The molecule has 0 aliphatic heterocycles. The Kier molecular flexibility index (Phi) is 4.84. The number of amides is 1.